The number of unbranched alkanes of at least 4 members (excludes halogenated alkanes) is 7. The van der Waals surface area contributed by atoms with Gasteiger partial charge in [0.05, 0.1) is 30.2 Å². The zero-order chi connectivity index (χ0) is 24.1. The number of nitrogens with zero attached hydrogens (tertiary/aromatic N) is 3. The van der Waals surface area contributed by atoms with E-state index < -0.39 is 28.6 Å². The molecule has 0 spiro atoms. The van der Waals surface area contributed by atoms with Crippen LogP contribution in [0.1, 0.15) is 82.8 Å². The van der Waals surface area contributed by atoms with Crippen molar-refractivity contribution in [2.75, 3.05) is 0 Å². The molecule has 4 atom stereocenters. The highest BCUT2D eigenvalue weighted by Crippen LogP contribution is 2.66. The first-order valence-electron chi connectivity index (χ1n) is 12.1. The van der Waals surface area contributed by atoms with Crippen LogP contribution in [0.3, 0.4) is 0 Å². The van der Waals surface area contributed by atoms with Crippen LogP contribution in [0.15, 0.2) is 24.3 Å². The molecule has 1 N–H and O–H groups in total. The summed E-state index contributed by atoms with van der Waals surface area (Å²) in [5.74, 6) is -2.40. The summed E-state index contributed by atoms with van der Waals surface area (Å²) in [6, 6.07) is 14.1. The number of benzene rings is 1. The van der Waals surface area contributed by atoms with Gasteiger partial charge in [0, 0.05) is 5.56 Å². The highest BCUT2D eigenvalue weighted by atomic mass is 16.7. The Labute approximate surface area is 197 Å². The zero-order valence-electron chi connectivity index (χ0n) is 20.0. The first-order valence-corrected chi connectivity index (χ1v) is 12.1. The predicted molar refractivity (Wildman–Crippen MR) is 125 cm³/mol. The smallest absolute Gasteiger partial charge is 0.243 e. The van der Waals surface area contributed by atoms with Gasteiger partial charge in [-0.15, -0.1) is 0 Å². The normalized spacial score (nSPS) is 29.5. The van der Waals surface area contributed by atoms with Crippen LogP contribution in [0.4, 0.5) is 0 Å². The number of nitriles is 3. The van der Waals surface area contributed by atoms with Gasteiger partial charge in [-0.2, -0.15) is 15.8 Å². The highest BCUT2D eigenvalue weighted by Gasteiger charge is 2.79. The van der Waals surface area contributed by atoms with Gasteiger partial charge < -0.3 is 9.47 Å². The fourth-order valence-electron chi connectivity index (χ4n) is 5.49. The van der Waals surface area contributed by atoms with Crippen LogP contribution < -0.4 is 0 Å². The Hall–Kier alpha value is -2.88. The quantitative estimate of drug-likeness (QED) is 0.426. The lowest BCUT2D eigenvalue weighted by Crippen LogP contribution is -2.60. The molecule has 2 fully saturated rings. The van der Waals surface area contributed by atoms with E-state index in [1.54, 1.807) is 6.92 Å². The molecule has 33 heavy (non-hydrogen) atoms. The largest absolute Gasteiger partial charge is 0.443 e. The molecule has 3 rings (SSSR count). The van der Waals surface area contributed by atoms with Crippen LogP contribution >= 0.6 is 0 Å². The molecular weight excluding hydrogens is 412 g/mol. The van der Waals surface area contributed by atoms with Crippen molar-refractivity contribution in [2.24, 2.45) is 16.7 Å². The third-order valence-corrected chi connectivity index (χ3v) is 7.56. The van der Waals surface area contributed by atoms with Gasteiger partial charge in [-0.3, -0.25) is 5.41 Å². The van der Waals surface area contributed by atoms with Crippen molar-refractivity contribution in [3.05, 3.63) is 35.4 Å². The minimum absolute atomic E-state index is 0.348. The Bertz CT molecular complexity index is 969. The molecule has 0 amide bonds. The van der Waals surface area contributed by atoms with Crippen molar-refractivity contribution in [2.45, 2.75) is 90.4 Å². The Kier molecular flexibility index (Phi) is 7.46. The standard InChI is InChI=1S/C27H34N4O2/c1-4-5-6-7-8-9-10-11-12-23-25(17-28,18-29)26(19-30)21(3)27(32-23,33-24(26)31)22-15-13-20(2)14-16-22/h13-16,21,23,31H,4-12H2,1-3H3. The third kappa shape index (κ3) is 3.80. The van der Waals surface area contributed by atoms with Gasteiger partial charge in [-0.1, -0.05) is 95.0 Å². The molecule has 2 saturated heterocycles. The van der Waals surface area contributed by atoms with Gasteiger partial charge in [0.25, 0.3) is 0 Å². The molecule has 2 aliphatic heterocycles. The number of nitrogens with one attached hydrogen (secondary N) is 1. The summed E-state index contributed by atoms with van der Waals surface area (Å²) in [6.07, 6.45) is 8.65. The lowest BCUT2D eigenvalue weighted by Gasteiger charge is -2.48. The van der Waals surface area contributed by atoms with Gasteiger partial charge >= 0.3 is 0 Å². The zero-order valence-corrected chi connectivity index (χ0v) is 20.0. The van der Waals surface area contributed by atoms with Gasteiger partial charge in [-0.25, -0.2) is 0 Å². The molecule has 0 radical (unpaired) electrons. The number of rotatable bonds is 10. The SMILES string of the molecule is CCCCCCCCCCC1OC2(c3ccc(C)cc3)OC(=N)C(C#N)(C2C)C1(C#N)C#N. The molecule has 2 bridgehead atoms. The molecule has 2 aliphatic rings. The minimum atomic E-state index is -1.80. The highest BCUT2D eigenvalue weighted by molar-refractivity contribution is 5.89. The van der Waals surface area contributed by atoms with Crippen LogP contribution in [0.2, 0.25) is 0 Å². The second-order valence-corrected chi connectivity index (χ2v) is 9.51. The molecule has 0 saturated carbocycles. The number of aryl methyl sites for hydroxylation is 1. The first-order chi connectivity index (χ1) is 15.9. The summed E-state index contributed by atoms with van der Waals surface area (Å²) in [7, 11) is 0. The number of hydrogen-bond donors (Lipinski definition) is 1. The summed E-state index contributed by atoms with van der Waals surface area (Å²) in [5.41, 5.74) is -1.72. The van der Waals surface area contributed by atoms with Crippen LogP contribution in [0.5, 0.6) is 0 Å². The van der Waals surface area contributed by atoms with Crippen molar-refractivity contribution in [3.8, 4) is 18.2 Å². The number of fused-ring (bicyclic) bond motifs is 2. The molecule has 0 aliphatic carbocycles. The average Bonchev–Trinajstić information content (AvgIpc) is 2.98. The molecular formula is C27H34N4O2. The van der Waals surface area contributed by atoms with Crippen LogP contribution in [-0.4, -0.2) is 12.0 Å². The van der Waals surface area contributed by atoms with Gasteiger partial charge in [-0.05, 0) is 13.3 Å². The van der Waals surface area contributed by atoms with Gasteiger partial charge in [0.15, 0.2) is 10.8 Å². The van der Waals surface area contributed by atoms with Crippen LogP contribution in [-0.2, 0) is 15.3 Å². The number of hydrogen-bond acceptors (Lipinski definition) is 6. The van der Waals surface area contributed by atoms with Crippen LogP contribution in [0.25, 0.3) is 0 Å². The Morgan fingerprint density at radius 3 is 2.03 bits per heavy atom. The van der Waals surface area contributed by atoms with Crippen molar-refractivity contribution in [3.63, 3.8) is 0 Å². The van der Waals surface area contributed by atoms with E-state index >= 15 is 0 Å². The molecule has 6 nitrogen and oxygen atoms in total. The molecule has 174 valence electrons. The van der Waals surface area contributed by atoms with Crippen LogP contribution in [0, 0.1) is 63.1 Å². The molecule has 6 heteroatoms. The lowest BCUT2D eigenvalue weighted by atomic mass is 9.53. The molecule has 4 unspecified atom stereocenters. The van der Waals surface area contributed by atoms with E-state index in [2.05, 4.69) is 25.1 Å². The van der Waals surface area contributed by atoms with E-state index in [0.717, 1.165) is 24.8 Å². The summed E-state index contributed by atoms with van der Waals surface area (Å²) < 4.78 is 12.5. The maximum Gasteiger partial charge on any atom is 0.243 e. The van der Waals surface area contributed by atoms with E-state index in [-0.39, 0.29) is 5.90 Å². The molecule has 0 aromatic heterocycles. The predicted octanol–water partition coefficient (Wildman–Crippen LogP) is 6.26. The van der Waals surface area contributed by atoms with E-state index in [9.17, 15) is 15.8 Å². The van der Waals surface area contributed by atoms with Gasteiger partial charge in [0.2, 0.25) is 11.7 Å². The van der Waals surface area contributed by atoms with E-state index in [1.807, 2.05) is 31.2 Å². The molecule has 1 aromatic carbocycles. The van der Waals surface area contributed by atoms with E-state index in [0.29, 0.717) is 12.0 Å². The topological polar surface area (TPSA) is 114 Å². The Balaban J connectivity index is 1.89. The first kappa shape index (κ1) is 24.8. The summed E-state index contributed by atoms with van der Waals surface area (Å²) in [6.45, 7) is 5.93. The Morgan fingerprint density at radius 1 is 0.909 bits per heavy atom. The maximum atomic E-state index is 10.3. The minimum Gasteiger partial charge on any atom is -0.443 e. The van der Waals surface area contributed by atoms with Crippen molar-refractivity contribution < 1.29 is 9.47 Å². The average molecular weight is 447 g/mol. The number of ether oxygens (including phenoxy) is 2. The third-order valence-electron chi connectivity index (χ3n) is 7.56. The maximum absolute atomic E-state index is 10.3. The lowest BCUT2D eigenvalue weighted by molar-refractivity contribution is -0.286. The fraction of sp³-hybridized carbons (Fsp3) is 0.630. The summed E-state index contributed by atoms with van der Waals surface area (Å²) >= 11 is 0. The van der Waals surface area contributed by atoms with Crippen molar-refractivity contribution in [1.29, 1.82) is 21.2 Å². The molecule has 1 aromatic rings. The monoisotopic (exact) mass is 446 g/mol. The van der Waals surface area contributed by atoms with E-state index in [1.165, 1.54) is 32.1 Å². The summed E-state index contributed by atoms with van der Waals surface area (Å²) in [5, 5.41) is 39.4. The second kappa shape index (κ2) is 9.94. The second-order valence-electron chi connectivity index (χ2n) is 9.51. The van der Waals surface area contributed by atoms with Crippen molar-refractivity contribution >= 4 is 5.90 Å². The molecule has 2 heterocycles. The fourth-order valence-corrected chi connectivity index (χ4v) is 5.49. The van der Waals surface area contributed by atoms with Crippen molar-refractivity contribution in [1.82, 2.24) is 0 Å². The Morgan fingerprint density at radius 2 is 1.48 bits per heavy atom. The summed E-state index contributed by atoms with van der Waals surface area (Å²) in [4.78, 5) is 0. The van der Waals surface area contributed by atoms with E-state index in [4.69, 9.17) is 14.9 Å². The van der Waals surface area contributed by atoms with Gasteiger partial charge in [0.1, 0.15) is 0 Å².